The number of aromatic nitrogens is 4. The number of hydrogen-bond acceptors (Lipinski definition) is 5. The van der Waals surface area contributed by atoms with Crippen LogP contribution in [0, 0.1) is 0 Å². The van der Waals surface area contributed by atoms with Gasteiger partial charge in [-0.2, -0.15) is 19.0 Å². The molecule has 40 heavy (non-hydrogen) atoms. The normalized spacial score (nSPS) is 16.1. The Morgan fingerprint density at radius 1 is 1.12 bits per heavy atom. The Hall–Kier alpha value is -4.23. The van der Waals surface area contributed by atoms with Crippen molar-refractivity contribution in [3.05, 3.63) is 47.8 Å². The molecule has 0 spiro atoms. The maximum absolute atomic E-state index is 14.4. The molecule has 1 atom stereocenters. The van der Waals surface area contributed by atoms with Crippen molar-refractivity contribution < 1.29 is 40.6 Å². The van der Waals surface area contributed by atoms with E-state index >= 15 is 0 Å². The minimum absolute atomic E-state index is 0.0454. The van der Waals surface area contributed by atoms with Crippen molar-refractivity contribution in [2.75, 3.05) is 7.11 Å². The maximum Gasteiger partial charge on any atom is 0.387 e. The summed E-state index contributed by atoms with van der Waals surface area (Å²) in [7, 11) is 2.62. The Kier molecular flexibility index (Phi) is 6.88. The van der Waals surface area contributed by atoms with E-state index in [1.165, 1.54) is 23.9 Å². The van der Waals surface area contributed by atoms with Crippen LogP contribution in [-0.2, 0) is 13.6 Å². The van der Waals surface area contributed by atoms with Crippen molar-refractivity contribution in [2.45, 2.75) is 44.9 Å². The molecule has 0 aliphatic heterocycles. The summed E-state index contributed by atoms with van der Waals surface area (Å²) in [5, 5.41) is 10.7. The molecule has 0 saturated heterocycles. The first kappa shape index (κ1) is 27.3. The van der Waals surface area contributed by atoms with E-state index in [0.29, 0.717) is 17.7 Å². The lowest BCUT2D eigenvalue weighted by Gasteiger charge is -2.17. The molecule has 1 amide bonds. The van der Waals surface area contributed by atoms with Crippen LogP contribution < -0.4 is 14.8 Å². The second-order valence-electron chi connectivity index (χ2n) is 9.24. The zero-order valence-corrected chi connectivity index (χ0v) is 21.4. The van der Waals surface area contributed by atoms with Gasteiger partial charge < -0.3 is 14.8 Å². The molecule has 4 aromatic rings. The van der Waals surface area contributed by atoms with Gasteiger partial charge in [-0.25, -0.2) is 17.6 Å². The van der Waals surface area contributed by atoms with E-state index in [4.69, 9.17) is 4.74 Å². The molecule has 1 fully saturated rings. The third-order valence-corrected chi connectivity index (χ3v) is 6.63. The number of nitrogens with one attached hydrogen (secondary N) is 1. The molecule has 2 aromatic heterocycles. The third-order valence-electron chi connectivity index (χ3n) is 6.63. The first-order chi connectivity index (χ1) is 18.9. The molecule has 212 valence electrons. The molecule has 1 saturated carbocycles. The predicted molar refractivity (Wildman–Crippen MR) is 132 cm³/mol. The Labute approximate surface area is 223 Å². The smallest absolute Gasteiger partial charge is 0.387 e. The standard InChI is InChI=1S/C26H23F6N5O3/c1-4-37-11-14(10-33-37)12-5-15(23(27)28)20-16(6-12)35-36(2)22(20)13-7-17(39-3)21(18(8-13)40-25(29)30)24(38)34-19-9-26(19,31)32/h5-8,10-11,19,23,25H,4,9H2,1-3H3,(H,34,38)/t19-/m1/s1. The summed E-state index contributed by atoms with van der Waals surface area (Å²) in [6.45, 7) is -0.925. The summed E-state index contributed by atoms with van der Waals surface area (Å²) in [5.74, 6) is -5.19. The van der Waals surface area contributed by atoms with Crippen molar-refractivity contribution in [2.24, 2.45) is 7.05 Å². The molecular formula is C26H23F6N5O3. The third kappa shape index (κ3) is 4.93. The summed E-state index contributed by atoms with van der Waals surface area (Å²) >= 11 is 0. The number of halogens is 6. The number of rotatable bonds is 9. The van der Waals surface area contributed by atoms with Gasteiger partial charge >= 0.3 is 6.61 Å². The molecule has 1 aliphatic carbocycles. The summed E-state index contributed by atoms with van der Waals surface area (Å²) in [6.07, 6.45) is -0.275. The molecule has 0 bridgehead atoms. The van der Waals surface area contributed by atoms with Crippen LogP contribution in [0.5, 0.6) is 11.5 Å². The fourth-order valence-electron chi connectivity index (χ4n) is 4.62. The topological polar surface area (TPSA) is 83.2 Å². The van der Waals surface area contributed by atoms with E-state index in [9.17, 15) is 31.1 Å². The van der Waals surface area contributed by atoms with Gasteiger partial charge in [-0.1, -0.05) is 0 Å². The highest BCUT2D eigenvalue weighted by Gasteiger charge is 2.58. The molecule has 2 heterocycles. The van der Waals surface area contributed by atoms with Crippen LogP contribution in [0.15, 0.2) is 36.7 Å². The maximum atomic E-state index is 14.4. The van der Waals surface area contributed by atoms with Gasteiger partial charge in [0, 0.05) is 48.3 Å². The van der Waals surface area contributed by atoms with Gasteiger partial charge in [-0.3, -0.25) is 14.2 Å². The number of methoxy groups -OCH3 is 1. The molecule has 2 aromatic carbocycles. The number of hydrogen-bond donors (Lipinski definition) is 1. The second kappa shape index (κ2) is 10.1. The number of fused-ring (bicyclic) bond motifs is 1. The highest BCUT2D eigenvalue weighted by Crippen LogP contribution is 2.44. The number of aryl methyl sites for hydroxylation is 2. The lowest BCUT2D eigenvalue weighted by molar-refractivity contribution is -0.0502. The van der Waals surface area contributed by atoms with Crippen LogP contribution in [0.4, 0.5) is 26.3 Å². The SMILES string of the molecule is CCn1cc(-c2cc(C(F)F)c3c(-c4cc(OC)c(C(=O)N[C@@H]5CC5(F)F)c(OC(F)F)c4)n(C)nc3c2)cn1. The van der Waals surface area contributed by atoms with Gasteiger partial charge in [-0.05, 0) is 36.8 Å². The van der Waals surface area contributed by atoms with Crippen LogP contribution in [0.2, 0.25) is 0 Å². The Morgan fingerprint density at radius 3 is 2.40 bits per heavy atom. The number of carbonyl (C=O) groups excluding carboxylic acids is 1. The first-order valence-corrected chi connectivity index (χ1v) is 12.1. The number of alkyl halides is 6. The molecule has 14 heteroatoms. The van der Waals surface area contributed by atoms with Crippen LogP contribution >= 0.6 is 0 Å². The van der Waals surface area contributed by atoms with E-state index in [2.05, 4.69) is 20.3 Å². The summed E-state index contributed by atoms with van der Waals surface area (Å²) < 4.78 is 95.1. The van der Waals surface area contributed by atoms with Crippen molar-refractivity contribution in [3.8, 4) is 33.9 Å². The van der Waals surface area contributed by atoms with Crippen molar-refractivity contribution >= 4 is 16.8 Å². The Balaban J connectivity index is 1.67. The minimum atomic E-state index is -3.39. The predicted octanol–water partition coefficient (Wildman–Crippen LogP) is 5.81. The fraction of sp³-hybridized carbons (Fsp3) is 0.346. The lowest BCUT2D eigenvalue weighted by atomic mass is 9.97. The van der Waals surface area contributed by atoms with Gasteiger partial charge in [0.25, 0.3) is 18.3 Å². The first-order valence-electron chi connectivity index (χ1n) is 12.1. The van der Waals surface area contributed by atoms with E-state index < -0.39 is 48.6 Å². The second-order valence-corrected chi connectivity index (χ2v) is 9.24. The highest BCUT2D eigenvalue weighted by molar-refractivity contribution is 6.03. The van der Waals surface area contributed by atoms with Crippen molar-refractivity contribution in [3.63, 3.8) is 0 Å². The number of ether oxygens (including phenoxy) is 2. The van der Waals surface area contributed by atoms with Gasteiger partial charge in [0.05, 0.1) is 30.6 Å². The lowest BCUT2D eigenvalue weighted by Crippen LogP contribution is -2.30. The molecule has 5 rings (SSSR count). The fourth-order valence-corrected chi connectivity index (χ4v) is 4.62. The molecule has 1 aliphatic rings. The van der Waals surface area contributed by atoms with E-state index in [-0.39, 0.29) is 33.5 Å². The molecule has 0 unspecified atom stereocenters. The van der Waals surface area contributed by atoms with Crippen LogP contribution in [0.3, 0.4) is 0 Å². The van der Waals surface area contributed by atoms with E-state index in [0.717, 1.165) is 13.2 Å². The number of carbonyl (C=O) groups is 1. The Morgan fingerprint density at radius 2 is 1.82 bits per heavy atom. The van der Waals surface area contributed by atoms with E-state index in [1.54, 1.807) is 23.1 Å². The zero-order chi connectivity index (χ0) is 28.9. The quantitative estimate of drug-likeness (QED) is 0.258. The monoisotopic (exact) mass is 567 g/mol. The highest BCUT2D eigenvalue weighted by atomic mass is 19.3. The molecule has 0 radical (unpaired) electrons. The van der Waals surface area contributed by atoms with Crippen molar-refractivity contribution in [1.82, 2.24) is 24.9 Å². The van der Waals surface area contributed by atoms with Crippen LogP contribution in [0.25, 0.3) is 33.3 Å². The largest absolute Gasteiger partial charge is 0.496 e. The van der Waals surface area contributed by atoms with Crippen LogP contribution in [0.1, 0.15) is 35.7 Å². The van der Waals surface area contributed by atoms with Gasteiger partial charge in [-0.15, -0.1) is 0 Å². The summed E-state index contributed by atoms with van der Waals surface area (Å²) in [6, 6.07) is 3.74. The van der Waals surface area contributed by atoms with Gasteiger partial charge in [0.15, 0.2) is 0 Å². The Bertz CT molecular complexity index is 1600. The summed E-state index contributed by atoms with van der Waals surface area (Å²) in [5.41, 5.74) is 0.526. The average Bonchev–Trinajstić information content (AvgIpc) is 3.22. The number of nitrogens with zero attached hydrogens (tertiary/aromatic N) is 4. The molecule has 1 N–H and O–H groups in total. The van der Waals surface area contributed by atoms with Crippen molar-refractivity contribution in [1.29, 1.82) is 0 Å². The zero-order valence-electron chi connectivity index (χ0n) is 21.4. The molecular weight excluding hydrogens is 544 g/mol. The number of benzene rings is 2. The van der Waals surface area contributed by atoms with Gasteiger partial charge in [0.2, 0.25) is 0 Å². The average molecular weight is 567 g/mol. The summed E-state index contributed by atoms with van der Waals surface area (Å²) in [4.78, 5) is 12.8. The van der Waals surface area contributed by atoms with Crippen LogP contribution in [-0.4, -0.2) is 51.2 Å². The number of amides is 1. The molecule has 8 nitrogen and oxygen atoms in total. The van der Waals surface area contributed by atoms with E-state index in [1.807, 2.05) is 6.92 Å². The minimum Gasteiger partial charge on any atom is -0.496 e. The van der Waals surface area contributed by atoms with Gasteiger partial charge in [0.1, 0.15) is 17.1 Å².